The molecule has 80 valence electrons. The fourth-order valence-electron chi connectivity index (χ4n) is 1.03. The molecule has 2 N–H and O–H groups in total. The molecule has 1 atom stereocenters. The van der Waals surface area contributed by atoms with E-state index in [2.05, 4.69) is 15.9 Å². The standard InChI is InChI=1S/C8H12BrNO2S2/c1-14(11,12)3-2-7(10)6-4-8(9)13-5-6/h4-5,7H,2-3,10H2,1H3. The van der Waals surface area contributed by atoms with Gasteiger partial charge in [0.05, 0.1) is 9.54 Å². The van der Waals surface area contributed by atoms with E-state index < -0.39 is 9.84 Å². The monoisotopic (exact) mass is 297 g/mol. The van der Waals surface area contributed by atoms with Crippen LogP contribution in [0.3, 0.4) is 0 Å². The van der Waals surface area contributed by atoms with Crippen LogP contribution in [0, 0.1) is 0 Å². The number of hydrogen-bond donors (Lipinski definition) is 1. The van der Waals surface area contributed by atoms with Gasteiger partial charge in [0.25, 0.3) is 0 Å². The summed E-state index contributed by atoms with van der Waals surface area (Å²) in [6.07, 6.45) is 1.70. The van der Waals surface area contributed by atoms with E-state index in [4.69, 9.17) is 5.73 Å². The molecule has 0 bridgehead atoms. The maximum absolute atomic E-state index is 10.9. The van der Waals surface area contributed by atoms with Crippen molar-refractivity contribution in [2.45, 2.75) is 12.5 Å². The molecule has 0 aliphatic rings. The van der Waals surface area contributed by atoms with E-state index in [-0.39, 0.29) is 11.8 Å². The van der Waals surface area contributed by atoms with Gasteiger partial charge in [-0.3, -0.25) is 0 Å². The van der Waals surface area contributed by atoms with Crippen molar-refractivity contribution in [3.05, 3.63) is 20.8 Å². The summed E-state index contributed by atoms with van der Waals surface area (Å²) in [6.45, 7) is 0. The minimum atomic E-state index is -2.91. The van der Waals surface area contributed by atoms with Crippen LogP contribution in [-0.2, 0) is 9.84 Å². The fourth-order valence-corrected chi connectivity index (χ4v) is 2.95. The molecular formula is C8H12BrNO2S2. The number of thiophene rings is 1. The Labute approximate surface area is 96.4 Å². The highest BCUT2D eigenvalue weighted by atomic mass is 79.9. The summed E-state index contributed by atoms with van der Waals surface area (Å²) in [5.41, 5.74) is 6.83. The Morgan fingerprint density at radius 3 is 2.71 bits per heavy atom. The average molecular weight is 298 g/mol. The Morgan fingerprint density at radius 2 is 2.29 bits per heavy atom. The quantitative estimate of drug-likeness (QED) is 0.924. The molecule has 1 aromatic rings. The summed E-state index contributed by atoms with van der Waals surface area (Å²) in [5.74, 6) is 0.141. The van der Waals surface area contributed by atoms with Crippen molar-refractivity contribution < 1.29 is 8.42 Å². The molecule has 1 unspecified atom stereocenters. The molecule has 0 spiro atoms. The van der Waals surface area contributed by atoms with Crippen LogP contribution in [0.5, 0.6) is 0 Å². The summed E-state index contributed by atoms with van der Waals surface area (Å²) in [7, 11) is -2.91. The maximum atomic E-state index is 10.9. The number of rotatable bonds is 4. The van der Waals surface area contributed by atoms with Crippen LogP contribution in [0.25, 0.3) is 0 Å². The van der Waals surface area contributed by atoms with Crippen molar-refractivity contribution in [3.8, 4) is 0 Å². The number of sulfone groups is 1. The zero-order chi connectivity index (χ0) is 10.8. The lowest BCUT2D eigenvalue weighted by molar-refractivity contribution is 0.592. The third-order valence-electron chi connectivity index (χ3n) is 1.82. The highest BCUT2D eigenvalue weighted by Crippen LogP contribution is 2.25. The molecule has 6 heteroatoms. The van der Waals surface area contributed by atoms with Gasteiger partial charge in [-0.2, -0.15) is 0 Å². The second-order valence-corrected chi connectivity index (χ2v) is 7.76. The lowest BCUT2D eigenvalue weighted by Gasteiger charge is -2.07. The summed E-state index contributed by atoms with van der Waals surface area (Å²) >= 11 is 4.89. The van der Waals surface area contributed by atoms with Gasteiger partial charge in [0.15, 0.2) is 0 Å². The van der Waals surface area contributed by atoms with Crippen molar-refractivity contribution in [2.24, 2.45) is 5.73 Å². The zero-order valence-electron chi connectivity index (χ0n) is 7.73. The Balaban J connectivity index is 2.55. The predicted molar refractivity (Wildman–Crippen MR) is 63.3 cm³/mol. The summed E-state index contributed by atoms with van der Waals surface area (Å²) in [6, 6.07) is 1.74. The van der Waals surface area contributed by atoms with E-state index in [1.54, 1.807) is 11.3 Å². The molecule has 3 nitrogen and oxygen atoms in total. The average Bonchev–Trinajstić information content (AvgIpc) is 2.46. The van der Waals surface area contributed by atoms with Crippen LogP contribution >= 0.6 is 27.3 Å². The molecule has 1 aromatic heterocycles. The smallest absolute Gasteiger partial charge is 0.147 e. The molecule has 0 aliphatic heterocycles. The highest BCUT2D eigenvalue weighted by molar-refractivity contribution is 9.11. The molecule has 1 heterocycles. The summed E-state index contributed by atoms with van der Waals surface area (Å²) in [5, 5.41) is 1.94. The van der Waals surface area contributed by atoms with Crippen molar-refractivity contribution in [1.82, 2.24) is 0 Å². The third kappa shape index (κ3) is 4.08. The normalized spacial score (nSPS) is 14.2. The lowest BCUT2D eigenvalue weighted by atomic mass is 10.1. The first-order chi connectivity index (χ1) is 6.38. The molecule has 1 rings (SSSR count). The molecule has 0 aromatic carbocycles. The fraction of sp³-hybridized carbons (Fsp3) is 0.500. The van der Waals surface area contributed by atoms with Gasteiger partial charge in [-0.25, -0.2) is 8.42 Å². The maximum Gasteiger partial charge on any atom is 0.147 e. The minimum absolute atomic E-state index is 0.141. The Hall–Kier alpha value is 0.0900. The first-order valence-electron chi connectivity index (χ1n) is 4.06. The van der Waals surface area contributed by atoms with Gasteiger partial charge in [0, 0.05) is 12.3 Å². The molecule has 14 heavy (non-hydrogen) atoms. The number of nitrogens with two attached hydrogens (primary N) is 1. The van der Waals surface area contributed by atoms with Crippen LogP contribution in [-0.4, -0.2) is 20.4 Å². The first kappa shape index (κ1) is 12.2. The summed E-state index contributed by atoms with van der Waals surface area (Å²) in [4.78, 5) is 0. The van der Waals surface area contributed by atoms with Crippen molar-refractivity contribution >= 4 is 37.1 Å². The van der Waals surface area contributed by atoms with Crippen LogP contribution in [0.4, 0.5) is 0 Å². The Bertz CT molecular complexity index is 399. The van der Waals surface area contributed by atoms with E-state index in [0.717, 1.165) is 9.35 Å². The van der Waals surface area contributed by atoms with Crippen LogP contribution in [0.2, 0.25) is 0 Å². The van der Waals surface area contributed by atoms with E-state index in [9.17, 15) is 8.42 Å². The number of hydrogen-bond acceptors (Lipinski definition) is 4. The second kappa shape index (κ2) is 4.74. The van der Waals surface area contributed by atoms with Crippen molar-refractivity contribution in [1.29, 1.82) is 0 Å². The Morgan fingerprint density at radius 1 is 1.64 bits per heavy atom. The molecule has 0 radical (unpaired) electrons. The summed E-state index contributed by atoms with van der Waals surface area (Å²) < 4.78 is 22.8. The van der Waals surface area contributed by atoms with E-state index >= 15 is 0 Å². The third-order valence-corrected chi connectivity index (χ3v) is 4.32. The largest absolute Gasteiger partial charge is 0.324 e. The van der Waals surface area contributed by atoms with Crippen molar-refractivity contribution in [2.75, 3.05) is 12.0 Å². The Kier molecular flexibility index (Phi) is 4.12. The zero-order valence-corrected chi connectivity index (χ0v) is 11.0. The van der Waals surface area contributed by atoms with Gasteiger partial charge in [0.2, 0.25) is 0 Å². The van der Waals surface area contributed by atoms with E-state index in [0.29, 0.717) is 6.42 Å². The van der Waals surface area contributed by atoms with Crippen LogP contribution < -0.4 is 5.73 Å². The molecule has 0 saturated heterocycles. The van der Waals surface area contributed by atoms with Crippen molar-refractivity contribution in [3.63, 3.8) is 0 Å². The lowest BCUT2D eigenvalue weighted by Crippen LogP contribution is -2.14. The van der Waals surface area contributed by atoms with Crippen LogP contribution in [0.1, 0.15) is 18.0 Å². The van der Waals surface area contributed by atoms with E-state index in [1.807, 2.05) is 11.4 Å². The number of halogens is 1. The molecular weight excluding hydrogens is 286 g/mol. The second-order valence-electron chi connectivity index (χ2n) is 3.21. The van der Waals surface area contributed by atoms with Gasteiger partial charge < -0.3 is 5.73 Å². The van der Waals surface area contributed by atoms with Gasteiger partial charge in [-0.05, 0) is 39.4 Å². The van der Waals surface area contributed by atoms with Gasteiger partial charge >= 0.3 is 0 Å². The minimum Gasteiger partial charge on any atom is -0.324 e. The predicted octanol–water partition coefficient (Wildman–Crippen LogP) is 1.95. The molecule has 0 saturated carbocycles. The first-order valence-corrected chi connectivity index (χ1v) is 7.79. The van der Waals surface area contributed by atoms with Gasteiger partial charge in [-0.15, -0.1) is 11.3 Å². The van der Waals surface area contributed by atoms with Gasteiger partial charge in [0.1, 0.15) is 9.84 Å². The highest BCUT2D eigenvalue weighted by Gasteiger charge is 2.11. The van der Waals surface area contributed by atoms with E-state index in [1.165, 1.54) is 6.26 Å². The molecule has 0 amide bonds. The van der Waals surface area contributed by atoms with Gasteiger partial charge in [-0.1, -0.05) is 0 Å². The topological polar surface area (TPSA) is 60.2 Å². The molecule has 0 aliphatic carbocycles. The molecule has 0 fully saturated rings. The SMILES string of the molecule is CS(=O)(=O)CCC(N)c1csc(Br)c1. The van der Waals surface area contributed by atoms with Crippen LogP contribution in [0.15, 0.2) is 15.2 Å².